The number of unbranched alkanes of at least 4 members (excludes halogenated alkanes) is 1. The third kappa shape index (κ3) is 5.06. The van der Waals surface area contributed by atoms with Gasteiger partial charge in [-0.05, 0) is 79.8 Å². The van der Waals surface area contributed by atoms with Crippen molar-refractivity contribution in [3.63, 3.8) is 0 Å². The number of hydrogen-bond donors (Lipinski definition) is 1. The first-order valence-corrected chi connectivity index (χ1v) is 13.9. The van der Waals surface area contributed by atoms with E-state index in [1.165, 1.54) is 11.1 Å². The van der Waals surface area contributed by atoms with Crippen LogP contribution in [-0.2, 0) is 23.1 Å². The summed E-state index contributed by atoms with van der Waals surface area (Å²) >= 11 is 0. The minimum Gasteiger partial charge on any atom is -0.381 e. The van der Waals surface area contributed by atoms with Gasteiger partial charge in [0.2, 0.25) is 0 Å². The number of hydrogen-bond acceptors (Lipinski definition) is 4. The number of ether oxygens (including phenoxy) is 1. The highest BCUT2D eigenvalue weighted by Gasteiger charge is 2.44. The Morgan fingerprint density at radius 2 is 1.76 bits per heavy atom. The molecule has 3 heterocycles. The number of benzene rings is 2. The lowest BCUT2D eigenvalue weighted by atomic mass is 9.77. The fraction of sp³-hybridized carbons (Fsp3) is 0.548. The predicted molar refractivity (Wildman–Crippen MR) is 146 cm³/mol. The molecule has 6 heteroatoms. The van der Waals surface area contributed by atoms with E-state index in [1.807, 2.05) is 29.2 Å². The maximum absolute atomic E-state index is 13.6. The second kappa shape index (κ2) is 10.6. The van der Waals surface area contributed by atoms with Gasteiger partial charge in [0, 0.05) is 55.4 Å². The molecule has 2 unspecified atom stereocenters. The van der Waals surface area contributed by atoms with Gasteiger partial charge in [-0.3, -0.25) is 9.59 Å². The first-order chi connectivity index (χ1) is 17.8. The van der Waals surface area contributed by atoms with Crippen LogP contribution in [-0.4, -0.2) is 60.0 Å². The molecule has 2 aromatic carbocycles. The number of methoxy groups -OCH3 is 1. The molecule has 0 aliphatic carbocycles. The van der Waals surface area contributed by atoms with E-state index >= 15 is 0 Å². The zero-order valence-electron chi connectivity index (χ0n) is 22.5. The van der Waals surface area contributed by atoms with Crippen molar-refractivity contribution in [3.05, 3.63) is 70.3 Å². The van der Waals surface area contributed by atoms with Crippen LogP contribution in [0, 0.1) is 0 Å². The quantitative estimate of drug-likeness (QED) is 0.531. The summed E-state index contributed by atoms with van der Waals surface area (Å²) in [6.07, 6.45) is 7.14. The molecule has 0 spiro atoms. The van der Waals surface area contributed by atoms with Gasteiger partial charge in [0.1, 0.15) is 0 Å². The van der Waals surface area contributed by atoms with Crippen molar-refractivity contribution in [2.24, 2.45) is 5.73 Å². The highest BCUT2D eigenvalue weighted by atomic mass is 16.5. The topological polar surface area (TPSA) is 75.9 Å². The van der Waals surface area contributed by atoms with E-state index in [-0.39, 0.29) is 35.4 Å². The Balaban J connectivity index is 1.26. The summed E-state index contributed by atoms with van der Waals surface area (Å²) in [5.74, 6) is 0.185. The SMILES string of the molecule is COC1CC2CCC(C1)N2C(=O)c1ccc2c(c1)C(C)(C)CN(CCCCc1ccccc1CN)C2=O. The number of fused-ring (bicyclic) bond motifs is 3. The molecule has 37 heavy (non-hydrogen) atoms. The summed E-state index contributed by atoms with van der Waals surface area (Å²) in [5, 5.41) is 0. The van der Waals surface area contributed by atoms with Crippen LogP contribution in [0.1, 0.15) is 89.8 Å². The molecule has 2 N–H and O–H groups in total. The van der Waals surface area contributed by atoms with Gasteiger partial charge >= 0.3 is 0 Å². The summed E-state index contributed by atoms with van der Waals surface area (Å²) in [4.78, 5) is 31.1. The standard InChI is InChI=1S/C31H41N3O3/c1-31(2)20-33(15-7-6-9-21-8-4-5-10-23(21)19-32)30(36)27-14-11-22(16-28(27)31)29(35)34-24-12-13-25(34)18-26(17-24)37-3/h4-5,8,10-11,14,16,24-26H,6-7,9,12-13,15,17-20,32H2,1-3H3. The Bertz CT molecular complexity index is 1150. The van der Waals surface area contributed by atoms with Gasteiger partial charge in [0.25, 0.3) is 11.8 Å². The lowest BCUT2D eigenvalue weighted by Gasteiger charge is -2.41. The summed E-state index contributed by atoms with van der Waals surface area (Å²) in [6, 6.07) is 14.6. The van der Waals surface area contributed by atoms with E-state index in [9.17, 15) is 9.59 Å². The number of carbonyl (C=O) groups is 2. The third-order valence-electron chi connectivity index (χ3n) is 8.82. The van der Waals surface area contributed by atoms with E-state index in [4.69, 9.17) is 10.5 Å². The fourth-order valence-electron chi connectivity index (χ4n) is 6.83. The zero-order chi connectivity index (χ0) is 26.2. The van der Waals surface area contributed by atoms with Crippen molar-refractivity contribution < 1.29 is 14.3 Å². The van der Waals surface area contributed by atoms with Crippen LogP contribution in [0.4, 0.5) is 0 Å². The molecule has 198 valence electrons. The van der Waals surface area contributed by atoms with Gasteiger partial charge < -0.3 is 20.3 Å². The zero-order valence-corrected chi connectivity index (χ0v) is 22.5. The molecule has 2 bridgehead atoms. The minimum absolute atomic E-state index is 0.0802. The first-order valence-electron chi connectivity index (χ1n) is 13.9. The number of aryl methyl sites for hydroxylation is 1. The molecule has 2 fully saturated rings. The number of nitrogens with two attached hydrogens (primary N) is 1. The summed E-state index contributed by atoms with van der Waals surface area (Å²) < 4.78 is 5.61. The monoisotopic (exact) mass is 503 g/mol. The smallest absolute Gasteiger partial charge is 0.254 e. The van der Waals surface area contributed by atoms with Gasteiger partial charge in [-0.1, -0.05) is 38.1 Å². The Hall–Kier alpha value is -2.70. The molecule has 0 radical (unpaired) electrons. The molecule has 2 atom stereocenters. The summed E-state index contributed by atoms with van der Waals surface area (Å²) in [5.41, 5.74) is 10.6. The van der Waals surface area contributed by atoms with Crippen molar-refractivity contribution in [3.8, 4) is 0 Å². The van der Waals surface area contributed by atoms with E-state index in [0.717, 1.165) is 62.6 Å². The van der Waals surface area contributed by atoms with Crippen LogP contribution in [0.3, 0.4) is 0 Å². The Kier molecular flexibility index (Phi) is 7.42. The molecule has 0 aromatic heterocycles. The van der Waals surface area contributed by atoms with E-state index in [2.05, 4.69) is 36.9 Å². The van der Waals surface area contributed by atoms with Crippen LogP contribution in [0.2, 0.25) is 0 Å². The summed E-state index contributed by atoms with van der Waals surface area (Å²) in [6.45, 7) is 6.34. The highest BCUT2D eigenvalue weighted by molar-refractivity contribution is 6.00. The number of piperidine rings is 1. The maximum atomic E-state index is 13.6. The van der Waals surface area contributed by atoms with Gasteiger partial charge in [-0.25, -0.2) is 0 Å². The van der Waals surface area contributed by atoms with E-state index in [0.29, 0.717) is 18.7 Å². The van der Waals surface area contributed by atoms with Gasteiger partial charge in [-0.2, -0.15) is 0 Å². The summed E-state index contributed by atoms with van der Waals surface area (Å²) in [7, 11) is 1.77. The molecule has 2 saturated heterocycles. The van der Waals surface area contributed by atoms with Gasteiger partial charge in [-0.15, -0.1) is 0 Å². The van der Waals surface area contributed by atoms with Crippen molar-refractivity contribution in [1.82, 2.24) is 9.80 Å². The average Bonchev–Trinajstić information content (AvgIpc) is 3.17. The highest BCUT2D eigenvalue weighted by Crippen LogP contribution is 2.39. The lowest BCUT2D eigenvalue weighted by molar-refractivity contribution is 0.00819. The molecule has 2 aromatic rings. The van der Waals surface area contributed by atoms with E-state index < -0.39 is 0 Å². The number of nitrogens with zero attached hydrogens (tertiary/aromatic N) is 2. The van der Waals surface area contributed by atoms with Crippen molar-refractivity contribution in [2.45, 2.75) is 88.9 Å². The molecule has 6 nitrogen and oxygen atoms in total. The predicted octanol–water partition coefficient (Wildman–Crippen LogP) is 4.68. The molecular formula is C31H41N3O3. The van der Waals surface area contributed by atoms with Gasteiger partial charge in [0.15, 0.2) is 0 Å². The Morgan fingerprint density at radius 3 is 2.43 bits per heavy atom. The van der Waals surface area contributed by atoms with Crippen LogP contribution >= 0.6 is 0 Å². The van der Waals surface area contributed by atoms with Crippen molar-refractivity contribution in [2.75, 3.05) is 20.2 Å². The van der Waals surface area contributed by atoms with Crippen LogP contribution in [0.5, 0.6) is 0 Å². The minimum atomic E-state index is -0.215. The molecule has 5 rings (SSSR count). The van der Waals surface area contributed by atoms with Crippen molar-refractivity contribution >= 4 is 11.8 Å². The normalized spacial score (nSPS) is 24.3. The number of rotatable bonds is 8. The Labute approximate surface area is 221 Å². The molecule has 0 saturated carbocycles. The second-order valence-corrected chi connectivity index (χ2v) is 11.7. The van der Waals surface area contributed by atoms with Crippen LogP contribution < -0.4 is 5.73 Å². The molecular weight excluding hydrogens is 462 g/mol. The third-order valence-corrected chi connectivity index (χ3v) is 8.82. The lowest BCUT2D eigenvalue weighted by Crippen LogP contribution is -2.49. The molecule has 2 amide bonds. The number of amides is 2. The average molecular weight is 504 g/mol. The largest absolute Gasteiger partial charge is 0.381 e. The Morgan fingerprint density at radius 1 is 1.05 bits per heavy atom. The fourth-order valence-corrected chi connectivity index (χ4v) is 6.83. The second-order valence-electron chi connectivity index (χ2n) is 11.7. The van der Waals surface area contributed by atoms with Crippen molar-refractivity contribution in [1.29, 1.82) is 0 Å². The molecule has 3 aliphatic rings. The molecule has 3 aliphatic heterocycles. The maximum Gasteiger partial charge on any atom is 0.254 e. The number of carbonyl (C=O) groups excluding carboxylic acids is 2. The van der Waals surface area contributed by atoms with Gasteiger partial charge in [0.05, 0.1) is 6.10 Å². The first kappa shape index (κ1) is 25.9. The van der Waals surface area contributed by atoms with Crippen LogP contribution in [0.25, 0.3) is 0 Å². The van der Waals surface area contributed by atoms with Crippen LogP contribution in [0.15, 0.2) is 42.5 Å². The van der Waals surface area contributed by atoms with E-state index in [1.54, 1.807) is 7.11 Å².